The largest absolute Gasteiger partial charge is 0.351 e. The summed E-state index contributed by atoms with van der Waals surface area (Å²) in [6, 6.07) is 9.96. The highest BCUT2D eigenvalue weighted by Gasteiger charge is 2.10. The van der Waals surface area contributed by atoms with Gasteiger partial charge >= 0.3 is 0 Å². The lowest BCUT2D eigenvalue weighted by atomic mass is 10.1. The minimum absolute atomic E-state index is 0.162. The molecule has 1 heterocycles. The van der Waals surface area contributed by atoms with Crippen molar-refractivity contribution in [3.63, 3.8) is 0 Å². The lowest BCUT2D eigenvalue weighted by Gasteiger charge is -2.04. The highest BCUT2D eigenvalue weighted by Crippen LogP contribution is 2.02. The minimum Gasteiger partial charge on any atom is -0.351 e. The van der Waals surface area contributed by atoms with Gasteiger partial charge in [-0.05, 0) is 17.9 Å². The van der Waals surface area contributed by atoms with Gasteiger partial charge in [0, 0.05) is 6.54 Å². The van der Waals surface area contributed by atoms with Crippen molar-refractivity contribution in [2.45, 2.75) is 26.8 Å². The number of hydrogen-bond acceptors (Lipinski definition) is 3. The van der Waals surface area contributed by atoms with Gasteiger partial charge in [-0.1, -0.05) is 49.4 Å². The number of aromatic nitrogens is 3. The highest BCUT2D eigenvalue weighted by atomic mass is 16.2. The topological polar surface area (TPSA) is 59.8 Å². The molecule has 20 heavy (non-hydrogen) atoms. The van der Waals surface area contributed by atoms with E-state index in [9.17, 15) is 4.79 Å². The van der Waals surface area contributed by atoms with Crippen molar-refractivity contribution in [2.75, 3.05) is 6.54 Å². The fourth-order valence-electron chi connectivity index (χ4n) is 1.82. The van der Waals surface area contributed by atoms with Crippen molar-refractivity contribution >= 4 is 5.91 Å². The van der Waals surface area contributed by atoms with Gasteiger partial charge in [0.1, 0.15) is 0 Å². The molecule has 1 N–H and O–H groups in total. The van der Waals surface area contributed by atoms with E-state index in [1.165, 1.54) is 0 Å². The van der Waals surface area contributed by atoms with Crippen LogP contribution in [0, 0.1) is 5.92 Å². The van der Waals surface area contributed by atoms with Gasteiger partial charge in [-0.3, -0.25) is 4.79 Å². The summed E-state index contributed by atoms with van der Waals surface area (Å²) in [6.07, 6.45) is 2.64. The van der Waals surface area contributed by atoms with Gasteiger partial charge in [-0.2, -0.15) is 0 Å². The summed E-state index contributed by atoms with van der Waals surface area (Å²) in [5.41, 5.74) is 1.49. The molecule has 1 aromatic heterocycles. The molecular formula is C15H20N4O. The number of nitrogens with zero attached hydrogens (tertiary/aromatic N) is 3. The van der Waals surface area contributed by atoms with Gasteiger partial charge in [-0.15, -0.1) is 5.10 Å². The summed E-state index contributed by atoms with van der Waals surface area (Å²) in [4.78, 5) is 11.9. The number of carbonyl (C=O) groups excluding carboxylic acids is 1. The van der Waals surface area contributed by atoms with E-state index >= 15 is 0 Å². The average Bonchev–Trinajstić information content (AvgIpc) is 2.88. The molecule has 5 heteroatoms. The first-order valence-corrected chi connectivity index (χ1v) is 6.87. The monoisotopic (exact) mass is 272 g/mol. The Morgan fingerprint density at radius 3 is 2.75 bits per heavy atom. The molecule has 0 saturated heterocycles. The molecule has 0 aliphatic rings. The summed E-state index contributed by atoms with van der Waals surface area (Å²) >= 11 is 0. The zero-order valence-electron chi connectivity index (χ0n) is 11.9. The molecule has 2 aromatic rings. The average molecular weight is 272 g/mol. The van der Waals surface area contributed by atoms with Crippen LogP contribution in [0.5, 0.6) is 0 Å². The van der Waals surface area contributed by atoms with Gasteiger partial charge in [0.25, 0.3) is 5.91 Å². The Labute approximate surface area is 119 Å². The second-order valence-corrected chi connectivity index (χ2v) is 5.23. The summed E-state index contributed by atoms with van der Waals surface area (Å²) in [6.45, 7) is 5.54. The van der Waals surface area contributed by atoms with Crippen molar-refractivity contribution in [2.24, 2.45) is 5.92 Å². The summed E-state index contributed by atoms with van der Waals surface area (Å²) in [5, 5.41) is 10.7. The Balaban J connectivity index is 1.90. The number of amides is 1. The van der Waals surface area contributed by atoms with E-state index in [4.69, 9.17) is 0 Å². The smallest absolute Gasteiger partial charge is 0.273 e. The van der Waals surface area contributed by atoms with E-state index in [-0.39, 0.29) is 5.91 Å². The standard InChI is InChI=1S/C15H20N4O/c1-12(2)8-9-16-15(20)14-11-19(18-17-14)10-13-6-4-3-5-7-13/h3-7,11-12H,8-10H2,1-2H3,(H,16,20). The Bertz CT molecular complexity index is 548. The number of nitrogens with one attached hydrogen (secondary N) is 1. The van der Waals surface area contributed by atoms with E-state index in [0.717, 1.165) is 12.0 Å². The van der Waals surface area contributed by atoms with Crippen molar-refractivity contribution in [3.05, 3.63) is 47.8 Å². The van der Waals surface area contributed by atoms with Crippen LogP contribution in [-0.2, 0) is 6.54 Å². The summed E-state index contributed by atoms with van der Waals surface area (Å²) < 4.78 is 1.67. The molecule has 0 aliphatic carbocycles. The van der Waals surface area contributed by atoms with Crippen LogP contribution in [0.4, 0.5) is 0 Å². The normalized spacial score (nSPS) is 10.8. The first-order chi connectivity index (χ1) is 9.65. The van der Waals surface area contributed by atoms with Gasteiger partial charge in [0.15, 0.2) is 5.69 Å². The molecule has 0 unspecified atom stereocenters. The first-order valence-electron chi connectivity index (χ1n) is 6.87. The second kappa shape index (κ2) is 6.84. The third-order valence-electron chi connectivity index (χ3n) is 2.97. The molecule has 0 saturated carbocycles. The predicted octanol–water partition coefficient (Wildman–Crippen LogP) is 2.10. The first kappa shape index (κ1) is 14.2. The van der Waals surface area contributed by atoms with E-state index < -0.39 is 0 Å². The van der Waals surface area contributed by atoms with Crippen molar-refractivity contribution in [1.82, 2.24) is 20.3 Å². The van der Waals surface area contributed by atoms with Crippen molar-refractivity contribution in [3.8, 4) is 0 Å². The molecule has 106 valence electrons. The zero-order valence-corrected chi connectivity index (χ0v) is 11.9. The van der Waals surface area contributed by atoms with Crippen LogP contribution in [0.3, 0.4) is 0 Å². The number of hydrogen-bond donors (Lipinski definition) is 1. The molecule has 0 spiro atoms. The fourth-order valence-corrected chi connectivity index (χ4v) is 1.82. The van der Waals surface area contributed by atoms with E-state index in [2.05, 4.69) is 29.5 Å². The van der Waals surface area contributed by atoms with E-state index in [1.54, 1.807) is 10.9 Å². The molecule has 1 aromatic carbocycles. The second-order valence-electron chi connectivity index (χ2n) is 5.23. The van der Waals surface area contributed by atoms with Crippen LogP contribution in [0.2, 0.25) is 0 Å². The molecule has 5 nitrogen and oxygen atoms in total. The summed E-state index contributed by atoms with van der Waals surface area (Å²) in [5.74, 6) is 0.411. The third-order valence-corrected chi connectivity index (χ3v) is 2.97. The van der Waals surface area contributed by atoms with E-state index in [1.807, 2.05) is 30.3 Å². The number of rotatable bonds is 6. The van der Waals surface area contributed by atoms with Gasteiger partial charge in [0.2, 0.25) is 0 Å². The Hall–Kier alpha value is -2.17. The maximum atomic E-state index is 11.9. The quantitative estimate of drug-likeness (QED) is 0.876. The third kappa shape index (κ3) is 4.19. The lowest BCUT2D eigenvalue weighted by Crippen LogP contribution is -2.25. The molecule has 1 amide bonds. The minimum atomic E-state index is -0.162. The zero-order chi connectivity index (χ0) is 14.4. The van der Waals surface area contributed by atoms with Gasteiger partial charge in [-0.25, -0.2) is 4.68 Å². The SMILES string of the molecule is CC(C)CCNC(=O)c1cn(Cc2ccccc2)nn1. The van der Waals surface area contributed by atoms with Crippen molar-refractivity contribution < 1.29 is 4.79 Å². The fraction of sp³-hybridized carbons (Fsp3) is 0.400. The van der Waals surface area contributed by atoms with Crippen LogP contribution in [0.1, 0.15) is 36.3 Å². The van der Waals surface area contributed by atoms with Gasteiger partial charge in [0.05, 0.1) is 12.7 Å². The van der Waals surface area contributed by atoms with Crippen LogP contribution < -0.4 is 5.32 Å². The maximum Gasteiger partial charge on any atom is 0.273 e. The molecule has 0 bridgehead atoms. The Kier molecular flexibility index (Phi) is 4.87. The van der Waals surface area contributed by atoms with Crippen LogP contribution in [-0.4, -0.2) is 27.4 Å². The molecule has 0 aliphatic heterocycles. The highest BCUT2D eigenvalue weighted by molar-refractivity contribution is 5.91. The molecule has 0 fully saturated rings. The van der Waals surface area contributed by atoms with E-state index in [0.29, 0.717) is 24.7 Å². The molecule has 0 radical (unpaired) electrons. The summed E-state index contributed by atoms with van der Waals surface area (Å²) in [7, 11) is 0. The molecule has 2 rings (SSSR count). The predicted molar refractivity (Wildman–Crippen MR) is 77.4 cm³/mol. The molecule has 0 atom stereocenters. The van der Waals surface area contributed by atoms with Crippen LogP contribution in [0.15, 0.2) is 36.5 Å². The maximum absolute atomic E-state index is 11.9. The Morgan fingerprint density at radius 1 is 1.30 bits per heavy atom. The Morgan fingerprint density at radius 2 is 2.05 bits per heavy atom. The number of benzene rings is 1. The van der Waals surface area contributed by atoms with Crippen LogP contribution in [0.25, 0.3) is 0 Å². The number of carbonyl (C=O) groups is 1. The van der Waals surface area contributed by atoms with Gasteiger partial charge < -0.3 is 5.32 Å². The van der Waals surface area contributed by atoms with Crippen LogP contribution >= 0.6 is 0 Å². The van der Waals surface area contributed by atoms with Crippen molar-refractivity contribution in [1.29, 1.82) is 0 Å². The lowest BCUT2D eigenvalue weighted by molar-refractivity contribution is 0.0947. The molecular weight excluding hydrogens is 252 g/mol.